The Bertz CT molecular complexity index is 1150. The predicted octanol–water partition coefficient (Wildman–Crippen LogP) is 5.00. The highest BCUT2D eigenvalue weighted by atomic mass is 32.1. The molecule has 0 atom stereocenters. The molecule has 1 aromatic heterocycles. The Morgan fingerprint density at radius 1 is 0.893 bits per heavy atom. The minimum atomic E-state index is -0.403. The minimum absolute atomic E-state index is 0.230. The second-order valence-electron chi connectivity index (χ2n) is 6.09. The molecule has 6 heteroatoms. The van der Waals surface area contributed by atoms with Crippen molar-refractivity contribution in [2.75, 3.05) is 12.4 Å². The molecule has 3 aromatic carbocycles. The number of aromatic nitrogens is 1. The van der Waals surface area contributed by atoms with Gasteiger partial charge in [-0.3, -0.25) is 10.1 Å². The van der Waals surface area contributed by atoms with Gasteiger partial charge in [-0.05, 0) is 41.5 Å². The molecule has 0 saturated carbocycles. The number of hydrogen-bond donors (Lipinski definition) is 1. The van der Waals surface area contributed by atoms with Gasteiger partial charge in [0.05, 0.1) is 22.9 Å². The number of anilines is 1. The van der Waals surface area contributed by atoms with E-state index in [4.69, 9.17) is 4.74 Å². The molecule has 0 unspecified atom stereocenters. The summed E-state index contributed by atoms with van der Waals surface area (Å²) < 4.78 is 5.53. The molecule has 0 aliphatic rings. The number of amides is 1. The number of thiazole rings is 1. The summed E-state index contributed by atoms with van der Waals surface area (Å²) in [5.41, 5.74) is 3.86. The third-order valence-electron chi connectivity index (χ3n) is 4.28. The Balaban J connectivity index is 1.52. The molecule has 4 aromatic rings. The Hall–Kier alpha value is -3.51. The van der Waals surface area contributed by atoms with Gasteiger partial charge in [-0.2, -0.15) is 0 Å². The number of esters is 1. The monoisotopic (exact) mass is 388 g/mol. The molecule has 0 aliphatic carbocycles. The topological polar surface area (TPSA) is 68.3 Å². The molecule has 1 amide bonds. The molecule has 5 nitrogen and oxygen atoms in total. The fraction of sp³-hybridized carbons (Fsp3) is 0.0455. The summed E-state index contributed by atoms with van der Waals surface area (Å²) in [6.45, 7) is 0. The maximum Gasteiger partial charge on any atom is 0.337 e. The Morgan fingerprint density at radius 3 is 2.29 bits per heavy atom. The zero-order valence-electron chi connectivity index (χ0n) is 15.0. The first-order chi connectivity index (χ1) is 13.6. The highest BCUT2D eigenvalue weighted by Crippen LogP contribution is 2.27. The normalized spacial score (nSPS) is 10.6. The van der Waals surface area contributed by atoms with Crippen LogP contribution in [0.1, 0.15) is 20.7 Å². The Morgan fingerprint density at radius 2 is 1.57 bits per heavy atom. The maximum atomic E-state index is 12.5. The molecule has 1 N–H and O–H groups in total. The Kier molecular flexibility index (Phi) is 4.87. The van der Waals surface area contributed by atoms with Crippen LogP contribution in [0.3, 0.4) is 0 Å². The summed E-state index contributed by atoms with van der Waals surface area (Å²) in [6.07, 6.45) is 0. The predicted molar refractivity (Wildman–Crippen MR) is 111 cm³/mol. The average molecular weight is 388 g/mol. The Labute approximate surface area is 165 Å². The van der Waals surface area contributed by atoms with Gasteiger partial charge in [-0.1, -0.05) is 53.8 Å². The van der Waals surface area contributed by atoms with Gasteiger partial charge in [0.25, 0.3) is 5.91 Å². The number of carbonyl (C=O) groups is 2. The molecule has 0 fully saturated rings. The molecule has 28 heavy (non-hydrogen) atoms. The molecule has 138 valence electrons. The van der Waals surface area contributed by atoms with E-state index in [1.54, 1.807) is 30.3 Å². The van der Waals surface area contributed by atoms with Crippen molar-refractivity contribution >= 4 is 38.6 Å². The lowest BCUT2D eigenvalue weighted by molar-refractivity contribution is 0.0601. The molecule has 0 aliphatic heterocycles. The smallest absolute Gasteiger partial charge is 0.337 e. The number of benzene rings is 3. The van der Waals surface area contributed by atoms with Crippen molar-refractivity contribution in [3.8, 4) is 11.1 Å². The standard InChI is InChI=1S/C22H16N2O3S/c1-27-21(26)17-11-12-18-19(13-17)28-22(23-18)24-20(25)16-9-7-15(8-10-16)14-5-3-2-4-6-14/h2-13H,1H3,(H,23,24,25). The molecular formula is C22H16N2O3S. The van der Waals surface area contributed by atoms with Crippen molar-refractivity contribution < 1.29 is 14.3 Å². The van der Waals surface area contributed by atoms with Crippen molar-refractivity contribution in [3.05, 3.63) is 83.9 Å². The van der Waals surface area contributed by atoms with Crippen LogP contribution in [0.5, 0.6) is 0 Å². The van der Waals surface area contributed by atoms with Crippen LogP contribution >= 0.6 is 11.3 Å². The first-order valence-corrected chi connectivity index (χ1v) is 9.41. The molecule has 4 rings (SSSR count). The number of ether oxygens (including phenoxy) is 1. The number of nitrogens with zero attached hydrogens (tertiary/aromatic N) is 1. The highest BCUT2D eigenvalue weighted by molar-refractivity contribution is 7.22. The van der Waals surface area contributed by atoms with Crippen molar-refractivity contribution in [1.82, 2.24) is 4.98 Å². The van der Waals surface area contributed by atoms with E-state index in [9.17, 15) is 9.59 Å². The number of hydrogen-bond acceptors (Lipinski definition) is 5. The fourth-order valence-corrected chi connectivity index (χ4v) is 3.74. The molecular weight excluding hydrogens is 372 g/mol. The van der Waals surface area contributed by atoms with Gasteiger partial charge in [-0.15, -0.1) is 0 Å². The van der Waals surface area contributed by atoms with Gasteiger partial charge in [0, 0.05) is 5.56 Å². The van der Waals surface area contributed by atoms with Crippen molar-refractivity contribution in [1.29, 1.82) is 0 Å². The second-order valence-corrected chi connectivity index (χ2v) is 7.12. The van der Waals surface area contributed by atoms with E-state index in [0.29, 0.717) is 21.8 Å². The number of fused-ring (bicyclic) bond motifs is 1. The first-order valence-electron chi connectivity index (χ1n) is 8.60. The van der Waals surface area contributed by atoms with E-state index >= 15 is 0 Å². The molecule has 1 heterocycles. The van der Waals surface area contributed by atoms with Crippen molar-refractivity contribution in [2.45, 2.75) is 0 Å². The third kappa shape index (κ3) is 3.63. The van der Waals surface area contributed by atoms with Crippen LogP contribution in [0.4, 0.5) is 5.13 Å². The van der Waals surface area contributed by atoms with Crippen LogP contribution in [0, 0.1) is 0 Å². The fourth-order valence-electron chi connectivity index (χ4n) is 2.84. The third-order valence-corrected chi connectivity index (χ3v) is 5.22. The summed E-state index contributed by atoms with van der Waals surface area (Å²) in [5, 5.41) is 3.30. The quantitative estimate of drug-likeness (QED) is 0.500. The van der Waals surface area contributed by atoms with Gasteiger partial charge in [0.15, 0.2) is 5.13 Å². The van der Waals surface area contributed by atoms with Crippen molar-refractivity contribution in [2.24, 2.45) is 0 Å². The van der Waals surface area contributed by atoms with E-state index in [-0.39, 0.29) is 5.91 Å². The molecule has 0 radical (unpaired) electrons. The van der Waals surface area contributed by atoms with Crippen LogP contribution in [0.15, 0.2) is 72.8 Å². The lowest BCUT2D eigenvalue weighted by atomic mass is 10.0. The van der Waals surface area contributed by atoms with Gasteiger partial charge in [0.1, 0.15) is 0 Å². The average Bonchev–Trinajstić information content (AvgIpc) is 3.15. The van der Waals surface area contributed by atoms with Gasteiger partial charge in [-0.25, -0.2) is 9.78 Å². The summed E-state index contributed by atoms with van der Waals surface area (Å²) in [5.74, 6) is -0.633. The van der Waals surface area contributed by atoms with Crippen LogP contribution in [0.25, 0.3) is 21.3 Å². The van der Waals surface area contributed by atoms with E-state index in [2.05, 4.69) is 10.3 Å². The zero-order valence-corrected chi connectivity index (χ0v) is 15.8. The van der Waals surface area contributed by atoms with Crippen molar-refractivity contribution in [3.63, 3.8) is 0 Å². The zero-order chi connectivity index (χ0) is 19.5. The largest absolute Gasteiger partial charge is 0.465 e. The van der Waals surface area contributed by atoms with Gasteiger partial charge < -0.3 is 4.74 Å². The van der Waals surface area contributed by atoms with Crippen LogP contribution in [0.2, 0.25) is 0 Å². The minimum Gasteiger partial charge on any atom is -0.465 e. The molecule has 0 spiro atoms. The lowest BCUT2D eigenvalue weighted by Crippen LogP contribution is -2.11. The number of rotatable bonds is 4. The lowest BCUT2D eigenvalue weighted by Gasteiger charge is -2.04. The van der Waals surface area contributed by atoms with E-state index in [1.807, 2.05) is 42.5 Å². The van der Waals surface area contributed by atoms with Gasteiger partial charge >= 0.3 is 5.97 Å². The summed E-state index contributed by atoms with van der Waals surface area (Å²) in [6, 6.07) is 22.5. The molecule has 0 bridgehead atoms. The summed E-state index contributed by atoms with van der Waals surface area (Å²) in [4.78, 5) is 28.6. The van der Waals surface area contributed by atoms with Crippen LogP contribution in [-0.4, -0.2) is 24.0 Å². The van der Waals surface area contributed by atoms with Gasteiger partial charge in [0.2, 0.25) is 0 Å². The summed E-state index contributed by atoms with van der Waals surface area (Å²) >= 11 is 1.31. The first kappa shape index (κ1) is 17.9. The number of nitrogens with one attached hydrogen (secondary N) is 1. The molecule has 0 saturated heterocycles. The van der Waals surface area contributed by atoms with E-state index in [1.165, 1.54) is 18.4 Å². The second kappa shape index (κ2) is 7.62. The SMILES string of the molecule is COC(=O)c1ccc2nc(NC(=O)c3ccc(-c4ccccc4)cc3)sc2c1. The van der Waals surface area contributed by atoms with Crippen LogP contribution < -0.4 is 5.32 Å². The van der Waals surface area contributed by atoms with E-state index in [0.717, 1.165) is 15.8 Å². The number of methoxy groups -OCH3 is 1. The maximum absolute atomic E-state index is 12.5. The highest BCUT2D eigenvalue weighted by Gasteiger charge is 2.12. The number of carbonyl (C=O) groups excluding carboxylic acids is 2. The summed E-state index contributed by atoms with van der Waals surface area (Å²) in [7, 11) is 1.34. The van der Waals surface area contributed by atoms with Crippen LogP contribution in [-0.2, 0) is 4.74 Å². The van der Waals surface area contributed by atoms with E-state index < -0.39 is 5.97 Å².